The van der Waals surface area contributed by atoms with Gasteiger partial charge in [-0.3, -0.25) is 0 Å². The molecule has 3 aromatic rings. The first-order chi connectivity index (χ1) is 12.0. The van der Waals surface area contributed by atoms with Crippen LogP contribution in [0.1, 0.15) is 22.3 Å². The van der Waals surface area contributed by atoms with Gasteiger partial charge in [0, 0.05) is 34.3 Å². The first-order valence-electron chi connectivity index (χ1n) is 8.15. The minimum absolute atomic E-state index is 0.272. The van der Waals surface area contributed by atoms with Crippen molar-refractivity contribution < 1.29 is 13.5 Å². The molecule has 0 N–H and O–H groups in total. The highest BCUT2D eigenvalue weighted by atomic mass is 19.1. The van der Waals surface area contributed by atoms with Crippen molar-refractivity contribution in [1.29, 1.82) is 0 Å². The largest absolute Gasteiger partial charge is 0.472 e. The number of aryl methyl sites for hydroxylation is 2. The van der Waals surface area contributed by atoms with Gasteiger partial charge in [0.15, 0.2) is 6.73 Å². The SMILES string of the molecule is Cc1c(C)c2cc3c(c(C)c2oc1=O)OCN(c1cccc(F)c1)C3. The summed E-state index contributed by atoms with van der Waals surface area (Å²) in [5.41, 5.74) is 4.39. The number of halogens is 1. The average molecular weight is 339 g/mol. The van der Waals surface area contributed by atoms with Gasteiger partial charge in [0.1, 0.15) is 17.1 Å². The standard InChI is InChI=1S/C20H18FNO3/c1-11-12(2)20(23)25-19-13(3)18-14(7-17(11)19)9-22(10-24-18)16-6-4-5-15(21)8-16/h4-8H,9-10H2,1-3H3. The van der Waals surface area contributed by atoms with Crippen molar-refractivity contribution in [3.8, 4) is 5.75 Å². The van der Waals surface area contributed by atoms with E-state index in [1.807, 2.05) is 30.9 Å². The van der Waals surface area contributed by atoms with Crippen molar-refractivity contribution in [3.63, 3.8) is 0 Å². The van der Waals surface area contributed by atoms with Crippen molar-refractivity contribution >= 4 is 16.7 Å². The van der Waals surface area contributed by atoms with Crippen LogP contribution in [0.15, 0.2) is 39.5 Å². The molecule has 0 bridgehead atoms. The van der Waals surface area contributed by atoms with Gasteiger partial charge in [-0.25, -0.2) is 9.18 Å². The highest BCUT2D eigenvalue weighted by Gasteiger charge is 2.23. The molecule has 2 aromatic carbocycles. The van der Waals surface area contributed by atoms with Gasteiger partial charge in [-0.1, -0.05) is 6.07 Å². The summed E-state index contributed by atoms with van der Waals surface area (Å²) in [4.78, 5) is 14.0. The Hall–Kier alpha value is -2.82. The van der Waals surface area contributed by atoms with Crippen LogP contribution in [0.2, 0.25) is 0 Å². The third-order valence-electron chi connectivity index (χ3n) is 4.90. The zero-order valence-electron chi connectivity index (χ0n) is 14.4. The van der Waals surface area contributed by atoms with Gasteiger partial charge < -0.3 is 14.1 Å². The predicted molar refractivity (Wildman–Crippen MR) is 94.8 cm³/mol. The van der Waals surface area contributed by atoms with Gasteiger partial charge in [0.25, 0.3) is 0 Å². The lowest BCUT2D eigenvalue weighted by Gasteiger charge is -2.32. The smallest absolute Gasteiger partial charge is 0.339 e. The zero-order valence-corrected chi connectivity index (χ0v) is 14.4. The summed E-state index contributed by atoms with van der Waals surface area (Å²) in [7, 11) is 0. The quantitative estimate of drug-likeness (QED) is 0.623. The van der Waals surface area contributed by atoms with Gasteiger partial charge >= 0.3 is 5.63 Å². The number of benzene rings is 2. The van der Waals surface area contributed by atoms with Gasteiger partial charge in [-0.15, -0.1) is 0 Å². The highest BCUT2D eigenvalue weighted by molar-refractivity contribution is 5.87. The molecule has 2 heterocycles. The molecule has 0 fully saturated rings. The Morgan fingerprint density at radius 2 is 1.88 bits per heavy atom. The molecule has 5 heteroatoms. The summed E-state index contributed by atoms with van der Waals surface area (Å²) in [5.74, 6) is 0.470. The summed E-state index contributed by atoms with van der Waals surface area (Å²) in [5, 5.41) is 0.915. The molecule has 0 radical (unpaired) electrons. The molecule has 0 aliphatic carbocycles. The molecule has 1 aliphatic rings. The topological polar surface area (TPSA) is 42.7 Å². The Kier molecular flexibility index (Phi) is 3.53. The van der Waals surface area contributed by atoms with Gasteiger partial charge in [-0.2, -0.15) is 0 Å². The highest BCUT2D eigenvalue weighted by Crippen LogP contribution is 2.37. The Bertz CT molecular complexity index is 1050. The van der Waals surface area contributed by atoms with Crippen LogP contribution in [0.5, 0.6) is 5.75 Å². The lowest BCUT2D eigenvalue weighted by molar-refractivity contribution is 0.287. The van der Waals surface area contributed by atoms with E-state index in [2.05, 4.69) is 0 Å². The molecule has 25 heavy (non-hydrogen) atoms. The van der Waals surface area contributed by atoms with E-state index in [1.54, 1.807) is 13.0 Å². The predicted octanol–water partition coefficient (Wildman–Crippen LogP) is 4.21. The number of rotatable bonds is 1. The Balaban J connectivity index is 1.85. The molecular weight excluding hydrogens is 321 g/mol. The maximum Gasteiger partial charge on any atom is 0.339 e. The molecule has 4 nitrogen and oxygen atoms in total. The minimum Gasteiger partial charge on any atom is -0.472 e. The fraction of sp³-hybridized carbons (Fsp3) is 0.250. The Morgan fingerprint density at radius 1 is 1.08 bits per heavy atom. The maximum absolute atomic E-state index is 13.5. The lowest BCUT2D eigenvalue weighted by atomic mass is 9.99. The van der Waals surface area contributed by atoms with Gasteiger partial charge in [-0.05, 0) is 50.6 Å². The first kappa shape index (κ1) is 15.7. The fourth-order valence-corrected chi connectivity index (χ4v) is 3.34. The summed E-state index contributed by atoms with van der Waals surface area (Å²) in [6, 6.07) is 8.48. The van der Waals surface area contributed by atoms with Crippen molar-refractivity contribution in [1.82, 2.24) is 0 Å². The van der Waals surface area contributed by atoms with Crippen LogP contribution >= 0.6 is 0 Å². The molecule has 0 amide bonds. The normalized spacial score (nSPS) is 13.7. The summed E-state index contributed by atoms with van der Waals surface area (Å²) >= 11 is 0. The number of hydrogen-bond donors (Lipinski definition) is 0. The van der Waals surface area contributed by atoms with Crippen LogP contribution in [0, 0.1) is 26.6 Å². The van der Waals surface area contributed by atoms with Crippen LogP contribution in [-0.4, -0.2) is 6.73 Å². The number of anilines is 1. The molecular formula is C20H18FNO3. The fourth-order valence-electron chi connectivity index (χ4n) is 3.34. The molecule has 128 valence electrons. The third kappa shape index (κ3) is 2.47. The molecule has 0 atom stereocenters. The molecule has 4 rings (SSSR count). The van der Waals surface area contributed by atoms with Crippen LogP contribution in [-0.2, 0) is 6.54 Å². The van der Waals surface area contributed by atoms with Crippen LogP contribution in [0.3, 0.4) is 0 Å². The summed E-state index contributed by atoms with van der Waals surface area (Å²) < 4.78 is 24.9. The van der Waals surface area contributed by atoms with Crippen molar-refractivity contribution in [2.24, 2.45) is 0 Å². The number of nitrogens with zero attached hydrogens (tertiary/aromatic N) is 1. The van der Waals surface area contributed by atoms with E-state index in [1.165, 1.54) is 12.1 Å². The minimum atomic E-state index is -0.315. The molecule has 1 aliphatic heterocycles. The van der Waals surface area contributed by atoms with E-state index < -0.39 is 0 Å². The van der Waals surface area contributed by atoms with Crippen molar-refractivity contribution in [2.45, 2.75) is 27.3 Å². The number of hydrogen-bond acceptors (Lipinski definition) is 4. The molecule has 1 aromatic heterocycles. The lowest BCUT2D eigenvalue weighted by Crippen LogP contribution is -2.32. The van der Waals surface area contributed by atoms with E-state index in [-0.39, 0.29) is 11.4 Å². The van der Waals surface area contributed by atoms with Crippen molar-refractivity contribution in [3.05, 3.63) is 68.8 Å². The first-order valence-corrected chi connectivity index (χ1v) is 8.15. The monoisotopic (exact) mass is 339 g/mol. The molecule has 0 saturated heterocycles. The second kappa shape index (κ2) is 5.62. The number of fused-ring (bicyclic) bond motifs is 2. The van der Waals surface area contributed by atoms with E-state index >= 15 is 0 Å². The average Bonchev–Trinajstić information content (AvgIpc) is 2.61. The van der Waals surface area contributed by atoms with Crippen LogP contribution in [0.25, 0.3) is 11.0 Å². The zero-order chi connectivity index (χ0) is 17.7. The van der Waals surface area contributed by atoms with Crippen LogP contribution < -0.4 is 15.3 Å². The summed E-state index contributed by atoms with van der Waals surface area (Å²) in [6.45, 7) is 6.52. The maximum atomic E-state index is 13.5. The van der Waals surface area contributed by atoms with E-state index in [9.17, 15) is 9.18 Å². The number of ether oxygens (including phenoxy) is 1. The Morgan fingerprint density at radius 3 is 2.64 bits per heavy atom. The second-order valence-corrected chi connectivity index (χ2v) is 6.46. The Labute approximate surface area is 144 Å². The van der Waals surface area contributed by atoms with Crippen molar-refractivity contribution in [2.75, 3.05) is 11.6 Å². The van der Waals surface area contributed by atoms with Gasteiger partial charge in [0.05, 0.1) is 0 Å². The third-order valence-corrected chi connectivity index (χ3v) is 4.90. The van der Waals surface area contributed by atoms with E-state index in [0.29, 0.717) is 24.4 Å². The van der Waals surface area contributed by atoms with Crippen LogP contribution in [0.4, 0.5) is 10.1 Å². The molecule has 0 saturated carbocycles. The molecule has 0 spiro atoms. The van der Waals surface area contributed by atoms with E-state index in [4.69, 9.17) is 9.15 Å². The summed E-state index contributed by atoms with van der Waals surface area (Å²) in [6.07, 6.45) is 0. The second-order valence-electron chi connectivity index (χ2n) is 6.46. The molecule has 0 unspecified atom stereocenters. The van der Waals surface area contributed by atoms with Gasteiger partial charge in [0.2, 0.25) is 0 Å². The van der Waals surface area contributed by atoms with E-state index in [0.717, 1.165) is 33.5 Å².